The highest BCUT2D eigenvalue weighted by atomic mass is 16.2. The molecule has 6 nitrogen and oxygen atoms in total. The minimum Gasteiger partial charge on any atom is -0.315 e. The van der Waals surface area contributed by atoms with Gasteiger partial charge in [-0.25, -0.2) is 0 Å². The maximum Gasteiger partial charge on any atom is 0.235 e. The normalized spacial score (nSPS) is 13.3. The van der Waals surface area contributed by atoms with Crippen molar-refractivity contribution < 1.29 is 4.79 Å². The lowest BCUT2D eigenvalue weighted by Gasteiger charge is -2.25. The summed E-state index contributed by atoms with van der Waals surface area (Å²) in [4.78, 5) is 15.8. The number of rotatable bonds is 8. The molecule has 5 rings (SSSR count). The number of hydrogen-bond donors (Lipinski definition) is 1. The number of fused-ring (bicyclic) bond motifs is 1. The number of aromatic nitrogens is 2. The van der Waals surface area contributed by atoms with Crippen LogP contribution in [-0.4, -0.2) is 35.3 Å². The summed E-state index contributed by atoms with van der Waals surface area (Å²) in [5, 5.41) is 16.8. The second-order valence-electron chi connectivity index (χ2n) is 9.21. The van der Waals surface area contributed by atoms with Gasteiger partial charge in [0.15, 0.2) is 0 Å². The quantitative estimate of drug-likeness (QED) is 0.382. The zero-order chi connectivity index (χ0) is 24.9. The third-order valence-corrected chi connectivity index (χ3v) is 6.80. The Balaban J connectivity index is 1.29. The Labute approximate surface area is 211 Å². The maximum absolute atomic E-state index is 13.8. The van der Waals surface area contributed by atoms with E-state index < -0.39 is 0 Å². The lowest BCUT2D eigenvalue weighted by atomic mass is 9.97. The molecule has 0 saturated heterocycles. The van der Waals surface area contributed by atoms with Crippen molar-refractivity contribution in [1.29, 1.82) is 5.26 Å². The molecule has 1 aromatic heterocycles. The Morgan fingerprint density at radius 2 is 1.89 bits per heavy atom. The van der Waals surface area contributed by atoms with Gasteiger partial charge in [0.2, 0.25) is 5.91 Å². The van der Waals surface area contributed by atoms with Gasteiger partial charge < -0.3 is 10.2 Å². The van der Waals surface area contributed by atoms with Crippen molar-refractivity contribution in [1.82, 2.24) is 15.1 Å². The Bertz CT molecular complexity index is 1390. The van der Waals surface area contributed by atoms with Crippen molar-refractivity contribution in [3.05, 3.63) is 107 Å². The van der Waals surface area contributed by atoms with Crippen molar-refractivity contribution in [2.75, 3.05) is 24.5 Å². The molecule has 1 unspecified atom stereocenters. The number of amides is 1. The number of anilines is 1. The number of nitrogens with one attached hydrogen (secondary N) is 1. The highest BCUT2D eigenvalue weighted by Crippen LogP contribution is 2.34. The minimum absolute atomic E-state index is 0.125. The third kappa shape index (κ3) is 5.07. The largest absolute Gasteiger partial charge is 0.315 e. The molecule has 1 atom stereocenters. The number of hydrogen-bond acceptors (Lipinski definition) is 4. The molecule has 6 heteroatoms. The van der Waals surface area contributed by atoms with Crippen LogP contribution >= 0.6 is 0 Å². The molecule has 1 aliphatic heterocycles. The molecule has 180 valence electrons. The topological polar surface area (TPSA) is 74.0 Å². The van der Waals surface area contributed by atoms with Crippen molar-refractivity contribution in [3.63, 3.8) is 0 Å². The summed E-state index contributed by atoms with van der Waals surface area (Å²) < 4.78 is 1.80. The fourth-order valence-corrected chi connectivity index (χ4v) is 4.83. The average molecular weight is 476 g/mol. The molecule has 0 spiro atoms. The SMILES string of the molecule is Cn1cc(-c2ccc3c(c2)CCN3C(=O)C(CNCCc2ccc(C#N)cc2)c2ccccc2)cn1. The number of carbonyl (C=O) groups is 1. The number of benzene rings is 3. The summed E-state index contributed by atoms with van der Waals surface area (Å²) in [6, 6.07) is 26.2. The van der Waals surface area contributed by atoms with Gasteiger partial charge in [0.05, 0.1) is 23.7 Å². The van der Waals surface area contributed by atoms with Crippen LogP contribution in [0.1, 0.15) is 28.2 Å². The third-order valence-electron chi connectivity index (χ3n) is 6.80. The van der Waals surface area contributed by atoms with Crippen LogP contribution in [0.25, 0.3) is 11.1 Å². The van der Waals surface area contributed by atoms with E-state index in [1.807, 2.05) is 78.9 Å². The molecule has 2 heterocycles. The van der Waals surface area contributed by atoms with Gasteiger partial charge in [-0.1, -0.05) is 48.5 Å². The first-order chi connectivity index (χ1) is 17.6. The summed E-state index contributed by atoms with van der Waals surface area (Å²) in [7, 11) is 1.92. The predicted molar refractivity (Wildman–Crippen MR) is 142 cm³/mol. The fraction of sp³-hybridized carbons (Fsp3) is 0.233. The van der Waals surface area contributed by atoms with E-state index in [1.54, 1.807) is 4.68 Å². The molecular weight excluding hydrogens is 446 g/mol. The molecule has 1 amide bonds. The molecule has 4 aromatic rings. The van der Waals surface area contributed by atoms with Crippen LogP contribution in [0, 0.1) is 11.3 Å². The van der Waals surface area contributed by atoms with Crippen LogP contribution < -0.4 is 10.2 Å². The van der Waals surface area contributed by atoms with Gasteiger partial charge in [-0.15, -0.1) is 0 Å². The first-order valence-electron chi connectivity index (χ1n) is 12.3. The van der Waals surface area contributed by atoms with Gasteiger partial charge in [0.1, 0.15) is 0 Å². The average Bonchev–Trinajstić information content (AvgIpc) is 3.55. The smallest absolute Gasteiger partial charge is 0.235 e. The van der Waals surface area contributed by atoms with Crippen molar-refractivity contribution >= 4 is 11.6 Å². The summed E-state index contributed by atoms with van der Waals surface area (Å²) in [6.07, 6.45) is 5.57. The number of carbonyl (C=O) groups excluding carboxylic acids is 1. The van der Waals surface area contributed by atoms with Crippen molar-refractivity contribution in [2.24, 2.45) is 7.05 Å². The molecule has 0 bridgehead atoms. The lowest BCUT2D eigenvalue weighted by molar-refractivity contribution is -0.119. The van der Waals surface area contributed by atoms with Gasteiger partial charge in [-0.3, -0.25) is 9.48 Å². The highest BCUT2D eigenvalue weighted by molar-refractivity contribution is 6.00. The van der Waals surface area contributed by atoms with Crippen molar-refractivity contribution in [2.45, 2.75) is 18.8 Å². The van der Waals surface area contributed by atoms with E-state index in [1.165, 1.54) is 11.1 Å². The summed E-state index contributed by atoms with van der Waals surface area (Å²) >= 11 is 0. The summed E-state index contributed by atoms with van der Waals surface area (Å²) in [6.45, 7) is 2.02. The lowest BCUT2D eigenvalue weighted by Crippen LogP contribution is -2.38. The predicted octanol–water partition coefficient (Wildman–Crippen LogP) is 4.46. The fourth-order valence-electron chi connectivity index (χ4n) is 4.83. The Hall–Kier alpha value is -4.21. The van der Waals surface area contributed by atoms with Crippen LogP contribution in [-0.2, 0) is 24.7 Å². The van der Waals surface area contributed by atoms with E-state index in [2.05, 4.69) is 34.7 Å². The van der Waals surface area contributed by atoms with E-state index >= 15 is 0 Å². The van der Waals surface area contributed by atoms with Crippen LogP contribution in [0.4, 0.5) is 5.69 Å². The van der Waals surface area contributed by atoms with E-state index in [0.29, 0.717) is 18.7 Å². The molecule has 1 aliphatic rings. The molecular formula is C30H29N5O. The number of aryl methyl sites for hydroxylation is 1. The van der Waals surface area contributed by atoms with Crippen LogP contribution in [0.3, 0.4) is 0 Å². The second kappa shape index (κ2) is 10.6. The molecule has 0 aliphatic carbocycles. The summed E-state index contributed by atoms with van der Waals surface area (Å²) in [5.41, 5.74) is 7.27. The standard InChI is InChI=1S/C30H29N5O/c1-34-21-27(19-33-34)25-11-12-29-26(17-25)14-16-35(29)30(36)28(24-5-3-2-4-6-24)20-32-15-13-22-7-9-23(18-31)10-8-22/h2-12,17,19,21,28,32H,13-16,20H2,1H3. The Morgan fingerprint density at radius 3 is 2.61 bits per heavy atom. The van der Waals surface area contributed by atoms with Gasteiger partial charge in [0, 0.05) is 37.6 Å². The Kier molecular flexibility index (Phi) is 6.92. The van der Waals surface area contributed by atoms with Crippen LogP contribution in [0.2, 0.25) is 0 Å². The molecule has 0 saturated carbocycles. The van der Waals surface area contributed by atoms with Gasteiger partial charge >= 0.3 is 0 Å². The van der Waals surface area contributed by atoms with E-state index in [9.17, 15) is 4.79 Å². The second-order valence-corrected chi connectivity index (χ2v) is 9.21. The van der Waals surface area contributed by atoms with Crippen LogP contribution in [0.5, 0.6) is 0 Å². The molecule has 0 radical (unpaired) electrons. The first-order valence-corrected chi connectivity index (χ1v) is 12.3. The van der Waals surface area contributed by atoms with Gasteiger partial charge in [-0.05, 0) is 65.9 Å². The number of nitriles is 1. The first kappa shape index (κ1) is 23.5. The zero-order valence-corrected chi connectivity index (χ0v) is 20.4. The molecule has 3 aromatic carbocycles. The van der Waals surface area contributed by atoms with Gasteiger partial charge in [-0.2, -0.15) is 10.4 Å². The van der Waals surface area contributed by atoms with E-state index in [4.69, 9.17) is 5.26 Å². The maximum atomic E-state index is 13.8. The van der Waals surface area contributed by atoms with Crippen molar-refractivity contribution in [3.8, 4) is 17.2 Å². The molecule has 36 heavy (non-hydrogen) atoms. The molecule has 1 N–H and O–H groups in total. The van der Waals surface area contributed by atoms with Crippen LogP contribution in [0.15, 0.2) is 85.2 Å². The monoisotopic (exact) mass is 475 g/mol. The van der Waals surface area contributed by atoms with E-state index in [0.717, 1.165) is 41.8 Å². The minimum atomic E-state index is -0.267. The number of nitrogens with zero attached hydrogens (tertiary/aromatic N) is 4. The highest BCUT2D eigenvalue weighted by Gasteiger charge is 2.31. The summed E-state index contributed by atoms with van der Waals surface area (Å²) in [5.74, 6) is -0.143. The molecule has 0 fully saturated rings. The van der Waals surface area contributed by atoms with Gasteiger partial charge in [0.25, 0.3) is 0 Å². The zero-order valence-electron chi connectivity index (χ0n) is 20.4. The Morgan fingerprint density at radius 1 is 1.08 bits per heavy atom. The van der Waals surface area contributed by atoms with E-state index in [-0.39, 0.29) is 11.8 Å².